The summed E-state index contributed by atoms with van der Waals surface area (Å²) < 4.78 is 5.39. The Morgan fingerprint density at radius 1 is 1.33 bits per heavy atom. The van der Waals surface area contributed by atoms with Crippen molar-refractivity contribution >= 4 is 11.0 Å². The largest absolute Gasteiger partial charge is 0.459 e. The normalized spacial score (nSPS) is 12.3. The second-order valence-corrected chi connectivity index (χ2v) is 4.35. The zero-order chi connectivity index (χ0) is 11.1. The van der Waals surface area contributed by atoms with Crippen molar-refractivity contribution in [3.05, 3.63) is 35.6 Å². The average Bonchev–Trinajstić information content (AvgIpc) is 2.57. The molecule has 0 spiro atoms. The summed E-state index contributed by atoms with van der Waals surface area (Å²) in [5, 5.41) is 9.93. The van der Waals surface area contributed by atoms with Crippen molar-refractivity contribution < 1.29 is 9.52 Å². The zero-order valence-electron chi connectivity index (χ0n) is 8.95. The summed E-state index contributed by atoms with van der Waals surface area (Å²) >= 11 is 0. The van der Waals surface area contributed by atoms with Crippen LogP contribution in [0.4, 0.5) is 0 Å². The number of aliphatic hydroxyl groups excluding tert-OH is 1. The van der Waals surface area contributed by atoms with E-state index in [9.17, 15) is 0 Å². The fraction of sp³-hybridized carbons (Fsp3) is 0.333. The van der Waals surface area contributed by atoms with Crippen molar-refractivity contribution in [1.29, 1.82) is 0 Å². The van der Waals surface area contributed by atoms with E-state index in [-0.39, 0.29) is 12.1 Å². The van der Waals surface area contributed by atoms with Gasteiger partial charge in [-0.25, -0.2) is 0 Å². The molecular formula is C12H15NO2. The van der Waals surface area contributed by atoms with Crippen molar-refractivity contribution in [2.45, 2.75) is 26.0 Å². The average molecular weight is 205 g/mol. The Hall–Kier alpha value is -1.32. The molecule has 0 saturated heterocycles. The Labute approximate surface area is 88.5 Å². The fourth-order valence-corrected chi connectivity index (χ4v) is 1.58. The van der Waals surface area contributed by atoms with Crippen LogP contribution in [0, 0.1) is 0 Å². The summed E-state index contributed by atoms with van der Waals surface area (Å²) in [4.78, 5) is 0. The molecule has 1 heterocycles. The first-order valence-electron chi connectivity index (χ1n) is 4.93. The van der Waals surface area contributed by atoms with E-state index in [2.05, 4.69) is 0 Å². The summed E-state index contributed by atoms with van der Waals surface area (Å²) in [5.41, 5.74) is 7.49. The van der Waals surface area contributed by atoms with Gasteiger partial charge in [0.05, 0.1) is 0 Å². The molecule has 0 atom stereocenters. The molecule has 0 bridgehead atoms. The number of nitrogens with two attached hydrogens (primary N) is 1. The molecule has 0 amide bonds. The highest BCUT2D eigenvalue weighted by Gasteiger charge is 2.15. The Bertz CT molecular complexity index is 480. The van der Waals surface area contributed by atoms with Gasteiger partial charge in [0.25, 0.3) is 0 Å². The maximum atomic E-state index is 8.95. The molecule has 15 heavy (non-hydrogen) atoms. The van der Waals surface area contributed by atoms with Crippen LogP contribution in [0.1, 0.15) is 25.2 Å². The third-order valence-electron chi connectivity index (χ3n) is 2.47. The van der Waals surface area contributed by atoms with Gasteiger partial charge in [0.15, 0.2) is 0 Å². The number of furan rings is 1. The highest BCUT2D eigenvalue weighted by atomic mass is 16.4. The van der Waals surface area contributed by atoms with Crippen LogP contribution in [0.15, 0.2) is 28.7 Å². The number of hydrogen-bond donors (Lipinski definition) is 2. The minimum atomic E-state index is -0.356. The van der Waals surface area contributed by atoms with Gasteiger partial charge in [0, 0.05) is 10.9 Å². The second-order valence-electron chi connectivity index (χ2n) is 4.35. The smallest absolute Gasteiger partial charge is 0.134 e. The van der Waals surface area contributed by atoms with Gasteiger partial charge in [-0.15, -0.1) is 0 Å². The summed E-state index contributed by atoms with van der Waals surface area (Å²) in [7, 11) is 0. The van der Waals surface area contributed by atoms with E-state index in [0.29, 0.717) is 5.76 Å². The van der Waals surface area contributed by atoms with Gasteiger partial charge in [0.1, 0.15) is 18.0 Å². The predicted octanol–water partition coefficient (Wildman–Crippen LogP) is 2.12. The van der Waals surface area contributed by atoms with Crippen LogP contribution in [-0.2, 0) is 12.1 Å². The molecule has 2 aromatic rings. The number of aliphatic hydroxyl groups is 1. The van der Waals surface area contributed by atoms with Gasteiger partial charge >= 0.3 is 0 Å². The first-order chi connectivity index (χ1) is 7.00. The Morgan fingerprint density at radius 3 is 2.67 bits per heavy atom. The van der Waals surface area contributed by atoms with Gasteiger partial charge in [0.2, 0.25) is 0 Å². The van der Waals surface area contributed by atoms with Crippen LogP contribution >= 0.6 is 0 Å². The predicted molar refractivity (Wildman–Crippen MR) is 59.4 cm³/mol. The van der Waals surface area contributed by atoms with Crippen molar-refractivity contribution in [2.75, 3.05) is 0 Å². The van der Waals surface area contributed by atoms with E-state index >= 15 is 0 Å². The second kappa shape index (κ2) is 3.36. The van der Waals surface area contributed by atoms with E-state index in [1.165, 1.54) is 0 Å². The quantitative estimate of drug-likeness (QED) is 0.789. The molecule has 3 nitrogen and oxygen atoms in total. The fourth-order valence-electron chi connectivity index (χ4n) is 1.58. The molecule has 3 heteroatoms. The van der Waals surface area contributed by atoms with Gasteiger partial charge in [-0.3, -0.25) is 0 Å². The van der Waals surface area contributed by atoms with Crippen LogP contribution in [0.3, 0.4) is 0 Å². The van der Waals surface area contributed by atoms with Crippen molar-refractivity contribution in [3.63, 3.8) is 0 Å². The minimum Gasteiger partial charge on any atom is -0.459 e. The monoisotopic (exact) mass is 205 g/mol. The summed E-state index contributed by atoms with van der Waals surface area (Å²) in [6, 6.07) is 7.67. The minimum absolute atomic E-state index is 0.0734. The molecule has 1 aromatic heterocycles. The highest BCUT2D eigenvalue weighted by molar-refractivity contribution is 5.79. The first kappa shape index (κ1) is 10.2. The van der Waals surface area contributed by atoms with Crippen molar-refractivity contribution in [3.8, 4) is 0 Å². The molecule has 0 unspecified atom stereocenters. The van der Waals surface area contributed by atoms with Crippen molar-refractivity contribution in [2.24, 2.45) is 5.73 Å². The molecule has 0 aliphatic heterocycles. The molecule has 2 rings (SSSR count). The molecule has 0 saturated carbocycles. The standard InChI is InChI=1S/C12H15NO2/c1-12(2,13)9-3-4-11-8(5-9)6-10(7-14)15-11/h3-6,14H,7,13H2,1-2H3. The lowest BCUT2D eigenvalue weighted by atomic mass is 9.95. The maximum absolute atomic E-state index is 8.95. The Balaban J connectivity index is 2.55. The van der Waals surface area contributed by atoms with E-state index in [0.717, 1.165) is 16.5 Å². The van der Waals surface area contributed by atoms with Gasteiger partial charge in [-0.1, -0.05) is 6.07 Å². The van der Waals surface area contributed by atoms with E-state index < -0.39 is 0 Å². The zero-order valence-corrected chi connectivity index (χ0v) is 8.95. The lowest BCUT2D eigenvalue weighted by Gasteiger charge is -2.18. The molecule has 0 radical (unpaired) electrons. The van der Waals surface area contributed by atoms with E-state index in [1.54, 1.807) is 0 Å². The molecule has 3 N–H and O–H groups in total. The van der Waals surface area contributed by atoms with Crippen LogP contribution < -0.4 is 5.73 Å². The van der Waals surface area contributed by atoms with Crippen molar-refractivity contribution in [1.82, 2.24) is 0 Å². The molecule has 80 valence electrons. The Morgan fingerprint density at radius 2 is 2.07 bits per heavy atom. The van der Waals surface area contributed by atoms with Gasteiger partial charge < -0.3 is 15.3 Å². The van der Waals surface area contributed by atoms with Gasteiger partial charge in [-0.2, -0.15) is 0 Å². The summed E-state index contributed by atoms with van der Waals surface area (Å²) in [6.45, 7) is 3.85. The number of fused-ring (bicyclic) bond motifs is 1. The Kier molecular flexibility index (Phi) is 2.29. The van der Waals surface area contributed by atoms with Crippen LogP contribution in [0.25, 0.3) is 11.0 Å². The number of benzene rings is 1. The molecule has 1 aromatic carbocycles. The van der Waals surface area contributed by atoms with E-state index in [4.69, 9.17) is 15.3 Å². The van der Waals surface area contributed by atoms with Crippen LogP contribution in [0.2, 0.25) is 0 Å². The van der Waals surface area contributed by atoms with Crippen LogP contribution in [-0.4, -0.2) is 5.11 Å². The third kappa shape index (κ3) is 1.89. The third-order valence-corrected chi connectivity index (χ3v) is 2.47. The summed E-state index contributed by atoms with van der Waals surface area (Å²) in [6.07, 6.45) is 0. The maximum Gasteiger partial charge on any atom is 0.134 e. The lowest BCUT2D eigenvalue weighted by Crippen LogP contribution is -2.28. The highest BCUT2D eigenvalue weighted by Crippen LogP contribution is 2.25. The number of rotatable bonds is 2. The summed E-state index contributed by atoms with van der Waals surface area (Å²) in [5.74, 6) is 0.581. The SMILES string of the molecule is CC(C)(N)c1ccc2oc(CO)cc2c1. The lowest BCUT2D eigenvalue weighted by molar-refractivity contribution is 0.251. The van der Waals surface area contributed by atoms with Crippen LogP contribution in [0.5, 0.6) is 0 Å². The molecule has 0 aliphatic carbocycles. The van der Waals surface area contributed by atoms with Gasteiger partial charge in [-0.05, 0) is 37.6 Å². The first-order valence-corrected chi connectivity index (χ1v) is 4.93. The molecule has 0 fully saturated rings. The molecular weight excluding hydrogens is 190 g/mol. The van der Waals surface area contributed by atoms with E-state index in [1.807, 2.05) is 38.1 Å². The topological polar surface area (TPSA) is 59.4 Å². The number of hydrogen-bond acceptors (Lipinski definition) is 3. The molecule has 0 aliphatic rings.